The van der Waals surface area contributed by atoms with Crippen LogP contribution in [-0.2, 0) is 13.1 Å². The second-order valence-electron chi connectivity index (χ2n) is 7.87. The maximum absolute atomic E-state index is 13.0. The Balaban J connectivity index is 1.40. The first-order chi connectivity index (χ1) is 17.1. The predicted octanol–water partition coefficient (Wildman–Crippen LogP) is 3.17. The first-order valence-electron chi connectivity index (χ1n) is 11.0. The SMILES string of the molecule is COc1ccccc1-c1cc(C(=O)NCc2nn(Cc3cccnc3)c(=O)c3ccccc23)[nH]n1. The summed E-state index contributed by atoms with van der Waals surface area (Å²) in [6, 6.07) is 20.1. The molecule has 0 spiro atoms. The summed E-state index contributed by atoms with van der Waals surface area (Å²) in [4.78, 5) is 30.0. The Kier molecular flexibility index (Phi) is 6.04. The summed E-state index contributed by atoms with van der Waals surface area (Å²) in [5, 5.41) is 15.7. The number of hydrogen-bond donors (Lipinski definition) is 2. The molecule has 1 amide bonds. The maximum Gasteiger partial charge on any atom is 0.274 e. The first-order valence-corrected chi connectivity index (χ1v) is 11.0. The summed E-state index contributed by atoms with van der Waals surface area (Å²) in [5.74, 6) is 0.326. The number of carbonyl (C=O) groups excluding carboxylic acids is 1. The van der Waals surface area contributed by atoms with E-state index in [1.807, 2.05) is 54.6 Å². The Hall–Kier alpha value is -4.79. The van der Waals surface area contributed by atoms with Gasteiger partial charge in [-0.1, -0.05) is 36.4 Å². The molecule has 0 aliphatic rings. The number of ether oxygens (including phenoxy) is 1. The molecule has 0 bridgehead atoms. The van der Waals surface area contributed by atoms with E-state index in [1.54, 1.807) is 31.6 Å². The molecule has 0 atom stereocenters. The van der Waals surface area contributed by atoms with Crippen molar-refractivity contribution >= 4 is 16.7 Å². The van der Waals surface area contributed by atoms with Crippen molar-refractivity contribution in [3.8, 4) is 17.0 Å². The number of para-hydroxylation sites is 1. The highest BCUT2D eigenvalue weighted by Gasteiger charge is 2.16. The molecule has 0 aliphatic heterocycles. The third-order valence-electron chi connectivity index (χ3n) is 5.62. The van der Waals surface area contributed by atoms with E-state index in [-0.39, 0.29) is 24.6 Å². The molecule has 3 aromatic heterocycles. The van der Waals surface area contributed by atoms with Crippen molar-refractivity contribution in [3.05, 3.63) is 106 Å². The summed E-state index contributed by atoms with van der Waals surface area (Å²) in [5.41, 5.74) is 2.92. The molecule has 174 valence electrons. The minimum Gasteiger partial charge on any atom is -0.496 e. The molecule has 9 heteroatoms. The lowest BCUT2D eigenvalue weighted by Gasteiger charge is -2.11. The average molecular weight is 467 g/mol. The van der Waals surface area contributed by atoms with Gasteiger partial charge in [0.2, 0.25) is 0 Å². The topological polar surface area (TPSA) is 115 Å². The summed E-state index contributed by atoms with van der Waals surface area (Å²) in [6.07, 6.45) is 3.37. The van der Waals surface area contributed by atoms with E-state index in [1.165, 1.54) is 4.68 Å². The number of aromatic amines is 1. The second-order valence-corrected chi connectivity index (χ2v) is 7.87. The fourth-order valence-corrected chi connectivity index (χ4v) is 3.90. The van der Waals surface area contributed by atoms with Gasteiger partial charge in [0.05, 0.1) is 37.0 Å². The van der Waals surface area contributed by atoms with Crippen LogP contribution in [0.5, 0.6) is 5.75 Å². The number of amides is 1. The molecule has 0 radical (unpaired) electrons. The number of methoxy groups -OCH3 is 1. The van der Waals surface area contributed by atoms with E-state index in [9.17, 15) is 9.59 Å². The molecule has 9 nitrogen and oxygen atoms in total. The smallest absolute Gasteiger partial charge is 0.274 e. The number of nitrogens with one attached hydrogen (secondary N) is 2. The number of carbonyl (C=O) groups is 1. The Labute approximate surface area is 200 Å². The second kappa shape index (κ2) is 9.60. The van der Waals surface area contributed by atoms with Gasteiger partial charge in [-0.2, -0.15) is 10.2 Å². The monoisotopic (exact) mass is 466 g/mol. The summed E-state index contributed by atoms with van der Waals surface area (Å²) in [7, 11) is 1.59. The van der Waals surface area contributed by atoms with Crippen LogP contribution in [0.3, 0.4) is 0 Å². The van der Waals surface area contributed by atoms with Gasteiger partial charge in [-0.25, -0.2) is 4.68 Å². The van der Waals surface area contributed by atoms with E-state index >= 15 is 0 Å². The summed E-state index contributed by atoms with van der Waals surface area (Å²) < 4.78 is 6.78. The standard InChI is InChI=1S/C26H22N6O3/c1-35-24-11-5-4-10-20(24)21-13-22(30-29-21)25(33)28-15-23-18-8-2-3-9-19(18)26(34)32(31-23)16-17-7-6-12-27-14-17/h2-14H,15-16H2,1H3,(H,28,33)(H,29,30). The number of hydrogen-bond acceptors (Lipinski definition) is 6. The number of H-pyrrole nitrogens is 1. The van der Waals surface area contributed by atoms with Crippen LogP contribution in [0.25, 0.3) is 22.0 Å². The van der Waals surface area contributed by atoms with Gasteiger partial charge in [-0.05, 0) is 35.9 Å². The number of benzene rings is 2. The summed E-state index contributed by atoms with van der Waals surface area (Å²) >= 11 is 0. The zero-order chi connectivity index (χ0) is 24.2. The normalized spacial score (nSPS) is 10.9. The number of rotatable bonds is 7. The van der Waals surface area contributed by atoms with Gasteiger partial charge in [0.25, 0.3) is 11.5 Å². The van der Waals surface area contributed by atoms with Crippen molar-refractivity contribution in [2.75, 3.05) is 7.11 Å². The molecule has 0 saturated heterocycles. The highest BCUT2D eigenvalue weighted by atomic mass is 16.5. The molecule has 0 fully saturated rings. The molecule has 3 heterocycles. The van der Waals surface area contributed by atoms with Crippen LogP contribution >= 0.6 is 0 Å². The molecule has 35 heavy (non-hydrogen) atoms. The van der Waals surface area contributed by atoms with Gasteiger partial charge in [0, 0.05) is 23.3 Å². The molecule has 2 aromatic carbocycles. The third-order valence-corrected chi connectivity index (χ3v) is 5.62. The molecular weight excluding hydrogens is 444 g/mol. The number of pyridine rings is 1. The molecule has 0 unspecified atom stereocenters. The van der Waals surface area contributed by atoms with E-state index in [2.05, 4.69) is 25.6 Å². The van der Waals surface area contributed by atoms with E-state index in [0.29, 0.717) is 33.6 Å². The zero-order valence-electron chi connectivity index (χ0n) is 18.9. The zero-order valence-corrected chi connectivity index (χ0v) is 18.9. The van der Waals surface area contributed by atoms with Gasteiger partial charge in [-0.3, -0.25) is 19.7 Å². The van der Waals surface area contributed by atoms with E-state index in [4.69, 9.17) is 4.74 Å². The van der Waals surface area contributed by atoms with E-state index < -0.39 is 0 Å². The maximum atomic E-state index is 13.0. The van der Waals surface area contributed by atoms with Gasteiger partial charge in [0.1, 0.15) is 11.4 Å². The average Bonchev–Trinajstić information content (AvgIpc) is 3.40. The first kappa shape index (κ1) is 22.0. The van der Waals surface area contributed by atoms with Crippen molar-refractivity contribution in [1.82, 2.24) is 30.3 Å². The van der Waals surface area contributed by atoms with Crippen molar-refractivity contribution < 1.29 is 9.53 Å². The van der Waals surface area contributed by atoms with E-state index in [0.717, 1.165) is 11.1 Å². The van der Waals surface area contributed by atoms with Crippen molar-refractivity contribution in [2.24, 2.45) is 0 Å². The Morgan fingerprint density at radius 1 is 1.06 bits per heavy atom. The highest BCUT2D eigenvalue weighted by Crippen LogP contribution is 2.28. The predicted molar refractivity (Wildman–Crippen MR) is 131 cm³/mol. The van der Waals surface area contributed by atoms with Gasteiger partial charge < -0.3 is 10.1 Å². The van der Waals surface area contributed by atoms with Crippen molar-refractivity contribution in [3.63, 3.8) is 0 Å². The molecule has 0 saturated carbocycles. The number of aromatic nitrogens is 5. The van der Waals surface area contributed by atoms with Crippen LogP contribution in [0.15, 0.2) is 83.9 Å². The van der Waals surface area contributed by atoms with Crippen LogP contribution in [0.1, 0.15) is 21.7 Å². The fourth-order valence-electron chi connectivity index (χ4n) is 3.90. The Morgan fingerprint density at radius 3 is 2.66 bits per heavy atom. The van der Waals surface area contributed by atoms with Gasteiger partial charge in [0.15, 0.2) is 0 Å². The molecular formula is C26H22N6O3. The molecule has 2 N–H and O–H groups in total. The molecule has 5 aromatic rings. The highest BCUT2D eigenvalue weighted by molar-refractivity contribution is 5.94. The van der Waals surface area contributed by atoms with Crippen LogP contribution < -0.4 is 15.6 Å². The van der Waals surface area contributed by atoms with Gasteiger partial charge in [-0.15, -0.1) is 0 Å². The van der Waals surface area contributed by atoms with Crippen LogP contribution in [0.4, 0.5) is 0 Å². The minimum atomic E-state index is -0.338. The third kappa shape index (κ3) is 4.51. The van der Waals surface area contributed by atoms with Crippen LogP contribution in [-0.4, -0.2) is 38.0 Å². The largest absolute Gasteiger partial charge is 0.496 e. The van der Waals surface area contributed by atoms with Crippen LogP contribution in [0, 0.1) is 0 Å². The Morgan fingerprint density at radius 2 is 1.86 bits per heavy atom. The Bertz CT molecular complexity index is 1560. The lowest BCUT2D eigenvalue weighted by Crippen LogP contribution is -2.29. The van der Waals surface area contributed by atoms with Crippen molar-refractivity contribution in [1.29, 1.82) is 0 Å². The quantitative estimate of drug-likeness (QED) is 0.381. The lowest BCUT2D eigenvalue weighted by molar-refractivity contribution is 0.0945. The fraction of sp³-hybridized carbons (Fsp3) is 0.115. The summed E-state index contributed by atoms with van der Waals surface area (Å²) in [6.45, 7) is 0.414. The number of nitrogens with zero attached hydrogens (tertiary/aromatic N) is 4. The lowest BCUT2D eigenvalue weighted by atomic mass is 10.1. The molecule has 5 rings (SSSR count). The molecule has 0 aliphatic carbocycles. The number of fused-ring (bicyclic) bond motifs is 1. The van der Waals surface area contributed by atoms with Crippen LogP contribution in [0.2, 0.25) is 0 Å². The minimum absolute atomic E-state index is 0.135. The van der Waals surface area contributed by atoms with Gasteiger partial charge >= 0.3 is 0 Å². The van der Waals surface area contributed by atoms with Crippen molar-refractivity contribution in [2.45, 2.75) is 13.1 Å².